The van der Waals surface area contributed by atoms with Gasteiger partial charge in [0.15, 0.2) is 0 Å². The maximum Gasteiger partial charge on any atom is 0.349 e. The second-order valence-electron chi connectivity index (χ2n) is 1.19. The van der Waals surface area contributed by atoms with Gasteiger partial charge >= 0.3 is 5.97 Å². The molecule has 0 bridgehead atoms. The molecule has 0 fully saturated rings. The fraction of sp³-hybridized carbons (Fsp3) is 0.500. The van der Waals surface area contributed by atoms with E-state index in [1.54, 1.807) is 0 Å². The van der Waals surface area contributed by atoms with Gasteiger partial charge in [0, 0.05) is 0 Å². The van der Waals surface area contributed by atoms with Crippen LogP contribution in [0.2, 0.25) is 0 Å². The predicted octanol–water partition coefficient (Wildman–Crippen LogP) is -0.609. The summed E-state index contributed by atoms with van der Waals surface area (Å²) in [5.74, 6) is -0.924. The van der Waals surface area contributed by atoms with Crippen LogP contribution in [0, 0.1) is 11.5 Å². The molecule has 0 rings (SSSR count). The average Bonchev–Trinajstić information content (AvgIpc) is 1.67. The molecule has 8 heavy (non-hydrogen) atoms. The molecule has 0 aromatic rings. The summed E-state index contributed by atoms with van der Waals surface area (Å²) in [6.07, 6.45) is -0.0740. The summed E-state index contributed by atoms with van der Waals surface area (Å²) in [7, 11) is 0. The highest BCUT2D eigenvalue weighted by atomic mass is 16.5. The van der Waals surface area contributed by atoms with Crippen LogP contribution in [0.5, 0.6) is 0 Å². The Balaban J connectivity index is 3.53. The maximum absolute atomic E-state index is 10.0. The number of nitriles is 1. The molecule has 1 unspecified atom stereocenters. The van der Waals surface area contributed by atoms with Crippen molar-refractivity contribution in [1.82, 2.24) is 0 Å². The third-order valence-electron chi connectivity index (χ3n) is 0.487. The molecule has 4 heteroatoms. The third kappa shape index (κ3) is 2.16. The van der Waals surface area contributed by atoms with Crippen LogP contribution < -0.4 is 0 Å². The Morgan fingerprint density at radius 1 is 2.00 bits per heavy atom. The summed E-state index contributed by atoms with van der Waals surface area (Å²) in [5, 5.41) is 16.0. The summed E-state index contributed by atoms with van der Waals surface area (Å²) >= 11 is 0. The van der Waals surface area contributed by atoms with E-state index in [2.05, 4.69) is 4.74 Å². The number of aliphatic hydroxyl groups is 1. The van der Waals surface area contributed by atoms with E-state index in [1.165, 1.54) is 6.92 Å². The van der Waals surface area contributed by atoms with Gasteiger partial charge in [-0.05, 0) is 6.92 Å². The van der Waals surface area contributed by atoms with Gasteiger partial charge in [-0.1, -0.05) is 0 Å². The minimum absolute atomic E-state index is 0.924. The topological polar surface area (TPSA) is 70.3 Å². The van der Waals surface area contributed by atoms with Crippen molar-refractivity contribution in [3.8, 4) is 6.26 Å². The van der Waals surface area contributed by atoms with Crippen LogP contribution >= 0.6 is 0 Å². The van der Waals surface area contributed by atoms with Crippen molar-refractivity contribution in [1.29, 1.82) is 5.26 Å². The number of carbonyl (C=O) groups is 1. The molecule has 0 aromatic carbocycles. The molecule has 1 atom stereocenters. The smallest absolute Gasteiger partial charge is 0.349 e. The van der Waals surface area contributed by atoms with Crippen molar-refractivity contribution in [2.24, 2.45) is 0 Å². The fourth-order valence-electron chi connectivity index (χ4n) is 0.130. The first-order valence-electron chi connectivity index (χ1n) is 1.96. The van der Waals surface area contributed by atoms with Crippen LogP contribution in [0.25, 0.3) is 0 Å². The summed E-state index contributed by atoms with van der Waals surface area (Å²) in [6, 6.07) is 0. The molecule has 0 saturated heterocycles. The molecular formula is C4H5NO3. The zero-order valence-corrected chi connectivity index (χ0v) is 4.29. The van der Waals surface area contributed by atoms with E-state index in [-0.39, 0.29) is 0 Å². The van der Waals surface area contributed by atoms with E-state index in [1.807, 2.05) is 0 Å². The van der Waals surface area contributed by atoms with Gasteiger partial charge in [-0.3, -0.25) is 0 Å². The van der Waals surface area contributed by atoms with E-state index >= 15 is 0 Å². The molecule has 0 aliphatic heterocycles. The average molecular weight is 115 g/mol. The molecule has 0 saturated carbocycles. The first-order valence-corrected chi connectivity index (χ1v) is 1.96. The van der Waals surface area contributed by atoms with Gasteiger partial charge in [0.1, 0.15) is 6.10 Å². The molecule has 0 radical (unpaired) electrons. The highest BCUT2D eigenvalue weighted by Gasteiger charge is 2.08. The van der Waals surface area contributed by atoms with Crippen LogP contribution in [0.15, 0.2) is 0 Å². The Morgan fingerprint density at radius 2 is 2.50 bits per heavy atom. The highest BCUT2D eigenvalue weighted by molar-refractivity contribution is 5.74. The van der Waals surface area contributed by atoms with Gasteiger partial charge < -0.3 is 9.84 Å². The molecular weight excluding hydrogens is 110 g/mol. The standard InChI is InChI=1S/C4H5NO3/c1-3(6)4(7)8-2-5/h3,6H,1H3. The zero-order valence-electron chi connectivity index (χ0n) is 4.29. The second kappa shape index (κ2) is 2.99. The first kappa shape index (κ1) is 6.92. The number of hydrogen-bond acceptors (Lipinski definition) is 4. The van der Waals surface area contributed by atoms with Gasteiger partial charge in [-0.25, -0.2) is 4.79 Å². The molecule has 0 spiro atoms. The molecule has 0 aliphatic rings. The van der Waals surface area contributed by atoms with Crippen molar-refractivity contribution < 1.29 is 14.6 Å². The van der Waals surface area contributed by atoms with Crippen LogP contribution in [0.3, 0.4) is 0 Å². The maximum atomic E-state index is 10.0. The highest BCUT2D eigenvalue weighted by Crippen LogP contribution is 1.82. The normalized spacial score (nSPS) is 11.6. The van der Waals surface area contributed by atoms with Gasteiger partial charge in [-0.2, -0.15) is 0 Å². The Kier molecular flexibility index (Phi) is 2.59. The molecule has 4 nitrogen and oxygen atoms in total. The lowest BCUT2D eigenvalue weighted by Gasteiger charge is -1.94. The van der Waals surface area contributed by atoms with Gasteiger partial charge in [0.25, 0.3) is 6.26 Å². The van der Waals surface area contributed by atoms with E-state index in [0.717, 1.165) is 6.26 Å². The molecule has 0 aromatic heterocycles. The Hall–Kier alpha value is -1.08. The van der Waals surface area contributed by atoms with Crippen molar-refractivity contribution in [3.05, 3.63) is 0 Å². The summed E-state index contributed by atoms with van der Waals surface area (Å²) < 4.78 is 3.72. The Labute approximate surface area is 46.3 Å². The largest absolute Gasteiger partial charge is 0.382 e. The lowest BCUT2D eigenvalue weighted by molar-refractivity contribution is -0.145. The third-order valence-corrected chi connectivity index (χ3v) is 0.487. The number of ether oxygens (including phenoxy) is 1. The van der Waals surface area contributed by atoms with Crippen LogP contribution in [-0.2, 0) is 9.53 Å². The minimum Gasteiger partial charge on any atom is -0.382 e. The summed E-state index contributed by atoms with van der Waals surface area (Å²) in [6.45, 7) is 1.22. The van der Waals surface area contributed by atoms with E-state index in [0.29, 0.717) is 0 Å². The van der Waals surface area contributed by atoms with E-state index in [9.17, 15) is 4.79 Å². The first-order chi connectivity index (χ1) is 3.68. The lowest BCUT2D eigenvalue weighted by Crippen LogP contribution is -2.16. The monoisotopic (exact) mass is 115 g/mol. The predicted molar refractivity (Wildman–Crippen MR) is 23.4 cm³/mol. The molecule has 0 amide bonds. The fourth-order valence-corrected chi connectivity index (χ4v) is 0.130. The number of nitrogens with zero attached hydrogens (tertiary/aromatic N) is 1. The number of carbonyl (C=O) groups excluding carboxylic acids is 1. The van der Waals surface area contributed by atoms with E-state index in [4.69, 9.17) is 10.4 Å². The number of rotatable bonds is 1. The number of esters is 1. The second-order valence-corrected chi connectivity index (χ2v) is 1.19. The van der Waals surface area contributed by atoms with Crippen LogP contribution in [0.1, 0.15) is 6.92 Å². The SMILES string of the molecule is CC(O)C(=O)OC#N. The van der Waals surface area contributed by atoms with Crippen LogP contribution in [-0.4, -0.2) is 17.2 Å². The Bertz CT molecular complexity index is 124. The van der Waals surface area contributed by atoms with Crippen LogP contribution in [0.4, 0.5) is 0 Å². The van der Waals surface area contributed by atoms with Crippen molar-refractivity contribution >= 4 is 5.97 Å². The Morgan fingerprint density at radius 3 is 2.62 bits per heavy atom. The van der Waals surface area contributed by atoms with Crippen molar-refractivity contribution in [2.45, 2.75) is 13.0 Å². The van der Waals surface area contributed by atoms with Crippen molar-refractivity contribution in [2.75, 3.05) is 0 Å². The minimum atomic E-state index is -1.21. The zero-order chi connectivity index (χ0) is 6.57. The molecule has 0 heterocycles. The quantitative estimate of drug-likeness (QED) is 0.365. The summed E-state index contributed by atoms with van der Waals surface area (Å²) in [5.41, 5.74) is 0. The van der Waals surface area contributed by atoms with Gasteiger partial charge in [0.05, 0.1) is 0 Å². The number of aliphatic hydroxyl groups excluding tert-OH is 1. The number of hydrogen-bond donors (Lipinski definition) is 1. The van der Waals surface area contributed by atoms with Gasteiger partial charge in [-0.15, -0.1) is 5.26 Å². The van der Waals surface area contributed by atoms with Crippen molar-refractivity contribution in [3.63, 3.8) is 0 Å². The molecule has 44 valence electrons. The van der Waals surface area contributed by atoms with E-state index < -0.39 is 12.1 Å². The molecule has 1 N–H and O–H groups in total. The molecule has 0 aliphatic carbocycles. The summed E-state index contributed by atoms with van der Waals surface area (Å²) in [4.78, 5) is 10.0. The lowest BCUT2D eigenvalue weighted by atomic mass is 10.4. The van der Waals surface area contributed by atoms with Gasteiger partial charge in [0.2, 0.25) is 0 Å².